The van der Waals surface area contributed by atoms with Gasteiger partial charge in [-0.15, -0.1) is 0 Å². The van der Waals surface area contributed by atoms with Gasteiger partial charge in [0, 0.05) is 11.8 Å². The predicted octanol–water partition coefficient (Wildman–Crippen LogP) is 1.79. The minimum atomic E-state index is -0.764. The summed E-state index contributed by atoms with van der Waals surface area (Å²) >= 11 is 1.20. The molecule has 1 N–H and O–H groups in total. The first-order valence-electron chi connectivity index (χ1n) is 7.75. The van der Waals surface area contributed by atoms with Gasteiger partial charge in [-0.2, -0.15) is 0 Å². The number of thioether (sulfide) groups is 1. The summed E-state index contributed by atoms with van der Waals surface area (Å²) < 4.78 is 11.1. The summed E-state index contributed by atoms with van der Waals surface area (Å²) in [7, 11) is 1.53. The van der Waals surface area contributed by atoms with Gasteiger partial charge < -0.3 is 14.8 Å². The SMILES string of the molecule is CCOC(=O)c1cnc(SC)n(CC(=O)Nc2cccc(OC)c2)c1=O. The Morgan fingerprint density at radius 1 is 1.35 bits per heavy atom. The Morgan fingerprint density at radius 2 is 2.12 bits per heavy atom. The number of carbonyl (C=O) groups is 2. The molecule has 0 fully saturated rings. The van der Waals surface area contributed by atoms with Gasteiger partial charge in [0.2, 0.25) is 5.91 Å². The van der Waals surface area contributed by atoms with Crippen molar-refractivity contribution in [2.45, 2.75) is 18.6 Å². The van der Waals surface area contributed by atoms with Crippen LogP contribution in [0.15, 0.2) is 40.4 Å². The lowest BCUT2D eigenvalue weighted by molar-refractivity contribution is -0.116. The molecule has 0 atom stereocenters. The van der Waals surface area contributed by atoms with Gasteiger partial charge >= 0.3 is 5.97 Å². The third-order valence-electron chi connectivity index (χ3n) is 3.34. The van der Waals surface area contributed by atoms with Crippen LogP contribution in [0.5, 0.6) is 5.75 Å². The summed E-state index contributed by atoms with van der Waals surface area (Å²) in [6.07, 6.45) is 2.89. The van der Waals surface area contributed by atoms with Crippen molar-refractivity contribution in [2.75, 3.05) is 25.3 Å². The van der Waals surface area contributed by atoms with Crippen LogP contribution in [0.3, 0.4) is 0 Å². The molecule has 26 heavy (non-hydrogen) atoms. The van der Waals surface area contributed by atoms with E-state index < -0.39 is 17.4 Å². The topological polar surface area (TPSA) is 99.5 Å². The molecule has 0 aliphatic heterocycles. The fraction of sp³-hybridized carbons (Fsp3) is 0.294. The van der Waals surface area contributed by atoms with Gasteiger partial charge in [0.05, 0.1) is 19.9 Å². The quantitative estimate of drug-likeness (QED) is 0.446. The van der Waals surface area contributed by atoms with Gasteiger partial charge in [-0.1, -0.05) is 17.8 Å². The van der Waals surface area contributed by atoms with Crippen molar-refractivity contribution in [3.05, 3.63) is 46.4 Å². The highest BCUT2D eigenvalue weighted by atomic mass is 32.2. The molecule has 8 nitrogen and oxygen atoms in total. The Morgan fingerprint density at radius 3 is 2.77 bits per heavy atom. The summed E-state index contributed by atoms with van der Waals surface area (Å²) in [4.78, 5) is 40.8. The van der Waals surface area contributed by atoms with E-state index in [1.54, 1.807) is 37.4 Å². The van der Waals surface area contributed by atoms with E-state index in [2.05, 4.69) is 10.3 Å². The highest BCUT2D eigenvalue weighted by Crippen LogP contribution is 2.17. The van der Waals surface area contributed by atoms with Crippen LogP contribution in [-0.4, -0.2) is 41.4 Å². The highest BCUT2D eigenvalue weighted by Gasteiger charge is 2.18. The first-order chi connectivity index (χ1) is 12.5. The molecule has 0 aliphatic carbocycles. The highest BCUT2D eigenvalue weighted by molar-refractivity contribution is 7.98. The Kier molecular flexibility index (Phi) is 6.79. The third kappa shape index (κ3) is 4.63. The number of amides is 1. The number of nitrogens with zero attached hydrogens (tertiary/aromatic N) is 2. The van der Waals surface area contributed by atoms with E-state index in [1.807, 2.05) is 0 Å². The van der Waals surface area contributed by atoms with E-state index in [-0.39, 0.29) is 18.7 Å². The molecule has 1 amide bonds. The zero-order valence-corrected chi connectivity index (χ0v) is 15.5. The van der Waals surface area contributed by atoms with Gasteiger partial charge in [0.15, 0.2) is 5.16 Å². The number of carbonyl (C=O) groups excluding carboxylic acids is 2. The zero-order chi connectivity index (χ0) is 19.1. The summed E-state index contributed by atoms with van der Waals surface area (Å²) in [6.45, 7) is 1.49. The molecule has 138 valence electrons. The number of nitrogens with one attached hydrogen (secondary N) is 1. The van der Waals surface area contributed by atoms with Crippen molar-refractivity contribution in [3.63, 3.8) is 0 Å². The summed E-state index contributed by atoms with van der Waals surface area (Å²) in [5.74, 6) is -0.603. The number of hydrogen-bond acceptors (Lipinski definition) is 7. The van der Waals surface area contributed by atoms with Crippen LogP contribution in [0.25, 0.3) is 0 Å². The predicted molar refractivity (Wildman–Crippen MR) is 97.9 cm³/mol. The number of ether oxygens (including phenoxy) is 2. The van der Waals surface area contributed by atoms with Crippen LogP contribution in [0, 0.1) is 0 Å². The van der Waals surface area contributed by atoms with Crippen LogP contribution in [0.4, 0.5) is 5.69 Å². The first-order valence-corrected chi connectivity index (χ1v) is 8.97. The number of aromatic nitrogens is 2. The van der Waals surface area contributed by atoms with Crippen LogP contribution >= 0.6 is 11.8 Å². The lowest BCUT2D eigenvalue weighted by Crippen LogP contribution is -2.33. The number of hydrogen-bond donors (Lipinski definition) is 1. The molecule has 0 aliphatic rings. The van der Waals surface area contributed by atoms with Gasteiger partial charge in [-0.25, -0.2) is 9.78 Å². The molecule has 9 heteroatoms. The number of benzene rings is 1. The monoisotopic (exact) mass is 377 g/mol. The third-order valence-corrected chi connectivity index (χ3v) is 4.03. The molecule has 0 unspecified atom stereocenters. The fourth-order valence-corrected chi connectivity index (χ4v) is 2.70. The number of rotatable bonds is 7. The minimum absolute atomic E-state index is 0.138. The lowest BCUT2D eigenvalue weighted by Gasteiger charge is -2.12. The summed E-state index contributed by atoms with van der Waals surface area (Å²) in [5.41, 5.74) is -0.301. The van der Waals surface area contributed by atoms with Crippen molar-refractivity contribution in [2.24, 2.45) is 0 Å². The van der Waals surface area contributed by atoms with Gasteiger partial charge in [-0.3, -0.25) is 14.2 Å². The maximum atomic E-state index is 12.6. The molecule has 0 bridgehead atoms. The first kappa shape index (κ1) is 19.5. The van der Waals surface area contributed by atoms with Crippen LogP contribution in [0.1, 0.15) is 17.3 Å². The van der Waals surface area contributed by atoms with Gasteiger partial charge in [-0.05, 0) is 25.3 Å². The maximum Gasteiger partial charge on any atom is 0.345 e. The Labute approximate surface area is 154 Å². The van der Waals surface area contributed by atoms with Crippen molar-refractivity contribution in [3.8, 4) is 5.75 Å². The van der Waals surface area contributed by atoms with E-state index in [9.17, 15) is 14.4 Å². The molecule has 1 heterocycles. The van der Waals surface area contributed by atoms with E-state index >= 15 is 0 Å². The minimum Gasteiger partial charge on any atom is -0.497 e. The molecule has 1 aromatic carbocycles. The normalized spacial score (nSPS) is 10.3. The molecule has 0 spiro atoms. The number of anilines is 1. The van der Waals surface area contributed by atoms with Crippen LogP contribution < -0.4 is 15.6 Å². The van der Waals surface area contributed by atoms with Crippen molar-refractivity contribution >= 4 is 29.3 Å². The maximum absolute atomic E-state index is 12.6. The van der Waals surface area contributed by atoms with Crippen molar-refractivity contribution in [1.82, 2.24) is 9.55 Å². The molecule has 2 rings (SSSR count). The summed E-state index contributed by atoms with van der Waals surface area (Å²) in [6, 6.07) is 6.84. The smallest absolute Gasteiger partial charge is 0.345 e. The lowest BCUT2D eigenvalue weighted by atomic mass is 10.3. The Balaban J connectivity index is 2.26. The second-order valence-corrected chi connectivity index (χ2v) is 5.82. The second kappa shape index (κ2) is 9.04. The molecular formula is C17H19N3O5S. The molecule has 1 aromatic heterocycles. The second-order valence-electron chi connectivity index (χ2n) is 5.05. The Bertz CT molecular complexity index is 866. The average molecular weight is 377 g/mol. The Hall–Kier alpha value is -2.81. The summed E-state index contributed by atoms with van der Waals surface area (Å²) in [5, 5.41) is 3.01. The van der Waals surface area contributed by atoms with E-state index in [4.69, 9.17) is 9.47 Å². The molecule has 0 saturated heterocycles. The van der Waals surface area contributed by atoms with E-state index in [0.29, 0.717) is 16.6 Å². The van der Waals surface area contributed by atoms with Crippen LogP contribution in [-0.2, 0) is 16.1 Å². The van der Waals surface area contributed by atoms with E-state index in [1.165, 1.54) is 25.1 Å². The number of esters is 1. The standard InChI is InChI=1S/C17H19N3O5S/c1-4-25-16(23)13-9-18-17(26-3)20(15(13)22)10-14(21)19-11-6-5-7-12(8-11)24-2/h5-9H,4,10H2,1-3H3,(H,19,21). The van der Waals surface area contributed by atoms with Crippen molar-refractivity contribution in [1.29, 1.82) is 0 Å². The fourth-order valence-electron chi connectivity index (χ4n) is 2.17. The van der Waals surface area contributed by atoms with E-state index in [0.717, 1.165) is 4.57 Å². The molecule has 0 saturated carbocycles. The average Bonchev–Trinajstić information content (AvgIpc) is 2.63. The zero-order valence-electron chi connectivity index (χ0n) is 14.6. The molecular weight excluding hydrogens is 358 g/mol. The van der Waals surface area contributed by atoms with Crippen molar-refractivity contribution < 1.29 is 19.1 Å². The van der Waals surface area contributed by atoms with Gasteiger partial charge in [0.1, 0.15) is 17.9 Å². The van der Waals surface area contributed by atoms with Gasteiger partial charge in [0.25, 0.3) is 5.56 Å². The largest absolute Gasteiger partial charge is 0.497 e. The molecule has 2 aromatic rings. The molecule has 0 radical (unpaired) electrons. The number of methoxy groups -OCH3 is 1. The van der Waals surface area contributed by atoms with Crippen LogP contribution in [0.2, 0.25) is 0 Å².